The lowest BCUT2D eigenvalue weighted by Gasteiger charge is -2.24. The van der Waals surface area contributed by atoms with Gasteiger partial charge in [-0.05, 0) is 30.0 Å². The summed E-state index contributed by atoms with van der Waals surface area (Å²) in [5.74, 6) is -0.196. The minimum absolute atomic E-state index is 0.196. The fourth-order valence-corrected chi connectivity index (χ4v) is 3.20. The summed E-state index contributed by atoms with van der Waals surface area (Å²) >= 11 is 1.48. The molecule has 0 radical (unpaired) electrons. The first kappa shape index (κ1) is 16.4. The highest BCUT2D eigenvalue weighted by molar-refractivity contribution is 7.10. The van der Waals surface area contributed by atoms with E-state index in [4.69, 9.17) is 0 Å². The summed E-state index contributed by atoms with van der Waals surface area (Å²) < 4.78 is 0. The van der Waals surface area contributed by atoms with Gasteiger partial charge in [0.05, 0.1) is 6.54 Å². The van der Waals surface area contributed by atoms with Gasteiger partial charge in [-0.15, -0.1) is 11.3 Å². The molecule has 3 rings (SSSR count). The quantitative estimate of drug-likeness (QED) is 0.723. The van der Waals surface area contributed by atoms with E-state index in [0.717, 1.165) is 16.1 Å². The molecule has 0 bridgehead atoms. The van der Waals surface area contributed by atoms with Crippen molar-refractivity contribution in [3.05, 3.63) is 75.7 Å². The van der Waals surface area contributed by atoms with Crippen molar-refractivity contribution in [3.8, 4) is 0 Å². The topological polar surface area (TPSA) is 69.2 Å². The molecule has 0 aliphatic heterocycles. The molecule has 1 amide bonds. The van der Waals surface area contributed by atoms with Crippen LogP contribution in [0, 0.1) is 6.92 Å². The molecule has 1 atom stereocenters. The lowest BCUT2D eigenvalue weighted by atomic mass is 10.2. The maximum Gasteiger partial charge on any atom is 0.274 e. The summed E-state index contributed by atoms with van der Waals surface area (Å²) in [5, 5.41) is 19.2. The van der Waals surface area contributed by atoms with Crippen molar-refractivity contribution in [2.75, 3.05) is 6.54 Å². The molecule has 0 aliphatic carbocycles. The molecule has 124 valence electrons. The van der Waals surface area contributed by atoms with Gasteiger partial charge in [0.1, 0.15) is 11.8 Å². The van der Waals surface area contributed by atoms with Crippen LogP contribution in [0.4, 0.5) is 0 Å². The molecule has 0 saturated carbocycles. The van der Waals surface area contributed by atoms with Gasteiger partial charge in [0.25, 0.3) is 5.91 Å². The average molecular weight is 341 g/mol. The number of carbonyl (C=O) groups excluding carboxylic acids is 1. The number of aromatic nitrogens is 2. The summed E-state index contributed by atoms with van der Waals surface area (Å²) in [4.78, 5) is 15.3. The van der Waals surface area contributed by atoms with Gasteiger partial charge in [0, 0.05) is 17.1 Å². The Hall–Kier alpha value is -2.44. The smallest absolute Gasteiger partial charge is 0.274 e. The van der Waals surface area contributed by atoms with Gasteiger partial charge in [0.15, 0.2) is 0 Å². The molecule has 0 fully saturated rings. The molecular formula is C18H19N3O2S. The minimum atomic E-state index is -0.710. The Morgan fingerprint density at radius 2 is 2.08 bits per heavy atom. The molecule has 0 spiro atoms. The van der Waals surface area contributed by atoms with Gasteiger partial charge in [0.2, 0.25) is 0 Å². The Labute approximate surface area is 144 Å². The van der Waals surface area contributed by atoms with Crippen LogP contribution >= 0.6 is 11.3 Å². The first-order valence-corrected chi connectivity index (χ1v) is 8.58. The molecule has 0 unspecified atom stereocenters. The highest BCUT2D eigenvalue weighted by Gasteiger charge is 2.22. The number of amides is 1. The van der Waals surface area contributed by atoms with Crippen molar-refractivity contribution in [2.45, 2.75) is 19.6 Å². The summed E-state index contributed by atoms with van der Waals surface area (Å²) in [7, 11) is 0. The van der Waals surface area contributed by atoms with E-state index in [1.807, 2.05) is 54.8 Å². The van der Waals surface area contributed by atoms with Gasteiger partial charge >= 0.3 is 0 Å². The molecule has 0 saturated heterocycles. The SMILES string of the molecule is Cc1cc(C(=O)N(Cc2ccccc2)C[C@@H](O)c2cccs2)n[nH]1. The number of nitrogens with one attached hydrogen (secondary N) is 1. The van der Waals surface area contributed by atoms with E-state index < -0.39 is 6.10 Å². The molecule has 2 heterocycles. The van der Waals surface area contributed by atoms with Crippen molar-refractivity contribution >= 4 is 17.2 Å². The number of H-pyrrole nitrogens is 1. The zero-order chi connectivity index (χ0) is 16.9. The number of hydrogen-bond donors (Lipinski definition) is 2. The van der Waals surface area contributed by atoms with Crippen molar-refractivity contribution in [2.24, 2.45) is 0 Å². The summed E-state index contributed by atoms with van der Waals surface area (Å²) in [6, 6.07) is 15.2. The Morgan fingerprint density at radius 3 is 2.71 bits per heavy atom. The first-order valence-electron chi connectivity index (χ1n) is 7.70. The lowest BCUT2D eigenvalue weighted by molar-refractivity contribution is 0.0603. The number of rotatable bonds is 6. The van der Waals surface area contributed by atoms with Crippen LogP contribution in [0.1, 0.15) is 32.7 Å². The predicted molar refractivity (Wildman–Crippen MR) is 93.8 cm³/mol. The number of hydrogen-bond acceptors (Lipinski definition) is 4. The Bertz CT molecular complexity index is 784. The second-order valence-electron chi connectivity index (χ2n) is 5.64. The second-order valence-corrected chi connectivity index (χ2v) is 6.62. The van der Waals surface area contributed by atoms with Crippen LogP contribution in [0.5, 0.6) is 0 Å². The number of benzene rings is 1. The molecule has 5 nitrogen and oxygen atoms in total. The van der Waals surface area contributed by atoms with Gasteiger partial charge in [-0.1, -0.05) is 36.4 Å². The zero-order valence-corrected chi connectivity index (χ0v) is 14.2. The van der Waals surface area contributed by atoms with E-state index in [2.05, 4.69) is 10.2 Å². The highest BCUT2D eigenvalue weighted by Crippen LogP contribution is 2.21. The highest BCUT2D eigenvalue weighted by atomic mass is 32.1. The monoisotopic (exact) mass is 341 g/mol. The normalized spacial score (nSPS) is 12.1. The van der Waals surface area contributed by atoms with Crippen LogP contribution in [0.3, 0.4) is 0 Å². The molecule has 0 aliphatic rings. The fourth-order valence-electron chi connectivity index (χ4n) is 2.49. The van der Waals surface area contributed by atoms with Gasteiger partial charge in [-0.25, -0.2) is 0 Å². The number of nitrogens with zero attached hydrogens (tertiary/aromatic N) is 2. The third-order valence-electron chi connectivity index (χ3n) is 3.69. The van der Waals surface area contributed by atoms with Crippen LogP contribution < -0.4 is 0 Å². The average Bonchev–Trinajstić information content (AvgIpc) is 3.26. The third-order valence-corrected chi connectivity index (χ3v) is 4.67. The van der Waals surface area contributed by atoms with E-state index >= 15 is 0 Å². The Morgan fingerprint density at radius 1 is 1.29 bits per heavy atom. The Kier molecular flexibility index (Phi) is 5.08. The number of carbonyl (C=O) groups is 1. The molecular weight excluding hydrogens is 322 g/mol. The number of aromatic amines is 1. The number of thiophene rings is 1. The number of aliphatic hydroxyl groups is 1. The number of aryl methyl sites for hydroxylation is 1. The zero-order valence-electron chi connectivity index (χ0n) is 13.3. The van der Waals surface area contributed by atoms with Crippen LogP contribution in [0.15, 0.2) is 53.9 Å². The largest absolute Gasteiger partial charge is 0.386 e. The molecule has 2 N–H and O–H groups in total. The van der Waals surface area contributed by atoms with Crippen molar-refractivity contribution in [1.82, 2.24) is 15.1 Å². The summed E-state index contributed by atoms with van der Waals surface area (Å²) in [5.41, 5.74) is 2.20. The van der Waals surface area contributed by atoms with E-state index in [1.54, 1.807) is 11.0 Å². The van der Waals surface area contributed by atoms with Crippen molar-refractivity contribution < 1.29 is 9.90 Å². The van der Waals surface area contributed by atoms with Crippen molar-refractivity contribution in [1.29, 1.82) is 0 Å². The maximum atomic E-state index is 12.8. The Balaban J connectivity index is 1.81. The van der Waals surface area contributed by atoms with Crippen LogP contribution in [0.25, 0.3) is 0 Å². The molecule has 2 aromatic heterocycles. The maximum absolute atomic E-state index is 12.8. The van der Waals surface area contributed by atoms with Crippen LogP contribution in [-0.4, -0.2) is 32.7 Å². The first-order chi connectivity index (χ1) is 11.6. The van der Waals surface area contributed by atoms with Gasteiger partial charge in [-0.2, -0.15) is 5.10 Å². The van der Waals surface area contributed by atoms with E-state index in [9.17, 15) is 9.90 Å². The van der Waals surface area contributed by atoms with Crippen LogP contribution in [-0.2, 0) is 6.54 Å². The molecule has 3 aromatic rings. The standard InChI is InChI=1S/C18H19N3O2S/c1-13-10-15(20-19-13)18(23)21(11-14-6-3-2-4-7-14)12-16(22)17-8-5-9-24-17/h2-10,16,22H,11-12H2,1H3,(H,19,20)/t16-/m1/s1. The van der Waals surface area contributed by atoms with Gasteiger partial charge < -0.3 is 10.0 Å². The second kappa shape index (κ2) is 7.42. The van der Waals surface area contributed by atoms with E-state index in [0.29, 0.717) is 12.2 Å². The summed E-state index contributed by atoms with van der Waals surface area (Å²) in [6.07, 6.45) is -0.710. The minimum Gasteiger partial charge on any atom is -0.386 e. The van der Waals surface area contributed by atoms with Crippen LogP contribution in [0.2, 0.25) is 0 Å². The van der Waals surface area contributed by atoms with E-state index in [1.165, 1.54) is 11.3 Å². The van der Waals surface area contributed by atoms with Gasteiger partial charge in [-0.3, -0.25) is 9.89 Å². The fraction of sp³-hybridized carbons (Fsp3) is 0.222. The summed E-state index contributed by atoms with van der Waals surface area (Å²) in [6.45, 7) is 2.50. The van der Waals surface area contributed by atoms with E-state index in [-0.39, 0.29) is 12.5 Å². The molecule has 6 heteroatoms. The predicted octanol–water partition coefficient (Wildman–Crippen LogP) is 3.16. The molecule has 1 aromatic carbocycles. The van der Waals surface area contributed by atoms with Crippen molar-refractivity contribution in [3.63, 3.8) is 0 Å². The number of aliphatic hydroxyl groups excluding tert-OH is 1. The lowest BCUT2D eigenvalue weighted by Crippen LogP contribution is -2.34. The molecule has 24 heavy (non-hydrogen) atoms. The third kappa shape index (κ3) is 3.90.